The van der Waals surface area contributed by atoms with E-state index in [1.165, 1.54) is 17.1 Å². The molecule has 0 aliphatic heterocycles. The Labute approximate surface area is 164 Å². The maximum atomic E-state index is 14.7. The van der Waals surface area contributed by atoms with E-state index in [0.29, 0.717) is 6.07 Å². The second-order valence-corrected chi connectivity index (χ2v) is 7.07. The molecule has 1 aromatic heterocycles. The number of rotatable bonds is 11. The predicted molar refractivity (Wildman–Crippen MR) is 100 cm³/mol. The molecule has 0 aliphatic carbocycles. The second kappa shape index (κ2) is 10.3. The van der Waals surface area contributed by atoms with Gasteiger partial charge >= 0.3 is 7.82 Å². The average molecular weight is 431 g/mol. The average Bonchev–Trinajstić information content (AvgIpc) is 3.16. The summed E-state index contributed by atoms with van der Waals surface area (Å²) in [5.41, 5.74) is 2.94. The fourth-order valence-corrected chi connectivity index (χ4v) is 3.54. The normalized spacial score (nSPS) is 16.3. The van der Waals surface area contributed by atoms with E-state index in [9.17, 15) is 18.2 Å². The quantitative estimate of drug-likeness (QED) is 0.275. The van der Waals surface area contributed by atoms with Crippen LogP contribution in [0.15, 0.2) is 46.6 Å². The smallest absolute Gasteiger partial charge is 0.394 e. The SMILES string of the molecule is NC=NC=NCC(Cn1cccn1)(OP(=O)(O)OCCO)c1ccc(F)cc1F. The number of phosphoric ester groups is 1. The zero-order chi connectivity index (χ0) is 21.3. The molecule has 0 spiro atoms. The van der Waals surface area contributed by atoms with Gasteiger partial charge in [0.05, 0.1) is 32.6 Å². The third kappa shape index (κ3) is 6.51. The molecule has 0 radical (unpaired) electrons. The number of halogens is 2. The fourth-order valence-electron chi connectivity index (χ4n) is 2.52. The summed E-state index contributed by atoms with van der Waals surface area (Å²) >= 11 is 0. The van der Waals surface area contributed by atoms with E-state index in [1.54, 1.807) is 6.07 Å². The topological polar surface area (TPSA) is 145 Å². The maximum absolute atomic E-state index is 14.7. The summed E-state index contributed by atoms with van der Waals surface area (Å²) in [4.78, 5) is 17.6. The number of hydrogen-bond acceptors (Lipinski definition) is 6. The van der Waals surface area contributed by atoms with Gasteiger partial charge in [0.2, 0.25) is 0 Å². The first-order chi connectivity index (χ1) is 13.8. The highest BCUT2D eigenvalue weighted by molar-refractivity contribution is 7.47. The monoisotopic (exact) mass is 431 g/mol. The van der Waals surface area contributed by atoms with Gasteiger partial charge in [0, 0.05) is 24.0 Å². The lowest BCUT2D eigenvalue weighted by atomic mass is 9.93. The van der Waals surface area contributed by atoms with Gasteiger partial charge in [-0.15, -0.1) is 0 Å². The zero-order valence-electron chi connectivity index (χ0n) is 15.1. The summed E-state index contributed by atoms with van der Waals surface area (Å²) in [5, 5.41) is 12.8. The van der Waals surface area contributed by atoms with Gasteiger partial charge in [-0.1, -0.05) is 6.07 Å². The summed E-state index contributed by atoms with van der Waals surface area (Å²) in [5.74, 6) is -1.88. The van der Waals surface area contributed by atoms with Gasteiger partial charge in [0.15, 0.2) is 0 Å². The number of aliphatic hydroxyl groups is 1. The van der Waals surface area contributed by atoms with E-state index in [1.807, 2.05) is 0 Å². The molecule has 10 nitrogen and oxygen atoms in total. The van der Waals surface area contributed by atoms with Crippen LogP contribution in [0.25, 0.3) is 0 Å². The van der Waals surface area contributed by atoms with Gasteiger partial charge in [-0.2, -0.15) is 5.10 Å². The summed E-state index contributed by atoms with van der Waals surface area (Å²) in [6.07, 6.45) is 4.95. The van der Waals surface area contributed by atoms with Crippen LogP contribution in [0.1, 0.15) is 5.56 Å². The van der Waals surface area contributed by atoms with Crippen molar-refractivity contribution in [2.45, 2.75) is 12.1 Å². The van der Waals surface area contributed by atoms with Crippen molar-refractivity contribution in [1.82, 2.24) is 9.78 Å². The van der Waals surface area contributed by atoms with Crippen LogP contribution < -0.4 is 5.73 Å². The molecule has 2 unspecified atom stereocenters. The summed E-state index contributed by atoms with van der Waals surface area (Å²) in [7, 11) is -4.80. The third-order valence-corrected chi connectivity index (χ3v) is 4.70. The molecule has 0 bridgehead atoms. The highest BCUT2D eigenvalue weighted by Gasteiger charge is 2.44. The Morgan fingerprint density at radius 2 is 2.21 bits per heavy atom. The molecule has 2 aromatic rings. The van der Waals surface area contributed by atoms with E-state index in [0.717, 1.165) is 24.8 Å². The highest BCUT2D eigenvalue weighted by atomic mass is 31.2. The Balaban J connectivity index is 2.57. The number of nitrogens with two attached hydrogens (primary N) is 1. The minimum Gasteiger partial charge on any atom is -0.394 e. The molecule has 0 aliphatic rings. The van der Waals surface area contributed by atoms with Gasteiger partial charge in [-0.05, 0) is 12.1 Å². The summed E-state index contributed by atoms with van der Waals surface area (Å²) in [6.45, 7) is -1.74. The Kier molecular flexibility index (Phi) is 8.11. The van der Waals surface area contributed by atoms with Crippen molar-refractivity contribution >= 4 is 20.5 Å². The van der Waals surface area contributed by atoms with Crippen molar-refractivity contribution in [3.05, 3.63) is 53.9 Å². The van der Waals surface area contributed by atoms with Crippen molar-refractivity contribution in [3.8, 4) is 0 Å². The number of phosphoric acid groups is 1. The predicted octanol–water partition coefficient (Wildman–Crippen LogP) is 1.20. The molecule has 0 saturated heterocycles. The first-order valence-electron chi connectivity index (χ1n) is 8.25. The molecule has 158 valence electrons. The number of hydrogen-bond donors (Lipinski definition) is 3. The van der Waals surface area contributed by atoms with Gasteiger partial charge in [0.1, 0.15) is 23.6 Å². The van der Waals surface area contributed by atoms with E-state index < -0.39 is 44.8 Å². The first-order valence-corrected chi connectivity index (χ1v) is 9.75. The van der Waals surface area contributed by atoms with Gasteiger partial charge < -0.3 is 15.7 Å². The molecule has 13 heteroatoms. The molecule has 1 heterocycles. The second-order valence-electron chi connectivity index (χ2n) is 5.69. The molecule has 0 fully saturated rings. The van der Waals surface area contributed by atoms with Gasteiger partial charge in [-0.25, -0.2) is 18.3 Å². The Morgan fingerprint density at radius 1 is 1.41 bits per heavy atom. The Hall–Kier alpha value is -2.50. The van der Waals surface area contributed by atoms with Crippen LogP contribution >= 0.6 is 7.82 Å². The van der Waals surface area contributed by atoms with Crippen LogP contribution in [-0.2, 0) is 25.8 Å². The molecular formula is C16H20F2N5O5P. The maximum Gasteiger partial charge on any atom is 0.473 e. The van der Waals surface area contributed by atoms with Crippen LogP contribution in [0, 0.1) is 11.6 Å². The highest BCUT2D eigenvalue weighted by Crippen LogP contribution is 2.51. The van der Waals surface area contributed by atoms with Crippen LogP contribution in [0.2, 0.25) is 0 Å². The number of aromatic nitrogens is 2. The number of aliphatic hydroxyl groups excluding tert-OH is 1. The molecule has 1 aromatic carbocycles. The fraction of sp³-hybridized carbons (Fsp3) is 0.312. The van der Waals surface area contributed by atoms with Crippen LogP contribution in [0.5, 0.6) is 0 Å². The number of benzene rings is 1. The lowest BCUT2D eigenvalue weighted by molar-refractivity contribution is 0.00325. The molecule has 2 rings (SSSR count). The third-order valence-electron chi connectivity index (χ3n) is 3.62. The van der Waals surface area contributed by atoms with Crippen LogP contribution in [-0.4, -0.2) is 52.2 Å². The van der Waals surface area contributed by atoms with Crippen LogP contribution in [0.3, 0.4) is 0 Å². The minimum absolute atomic E-state index is 0.259. The Morgan fingerprint density at radius 3 is 2.83 bits per heavy atom. The lowest BCUT2D eigenvalue weighted by Gasteiger charge is -2.34. The van der Waals surface area contributed by atoms with Crippen LogP contribution in [0.4, 0.5) is 8.78 Å². The van der Waals surface area contributed by atoms with Crippen molar-refractivity contribution in [1.29, 1.82) is 0 Å². The van der Waals surface area contributed by atoms with Gasteiger partial charge in [-0.3, -0.25) is 18.7 Å². The van der Waals surface area contributed by atoms with Crippen molar-refractivity contribution in [2.75, 3.05) is 19.8 Å². The molecule has 29 heavy (non-hydrogen) atoms. The van der Waals surface area contributed by atoms with Crippen molar-refractivity contribution in [3.63, 3.8) is 0 Å². The molecular weight excluding hydrogens is 411 g/mol. The van der Waals surface area contributed by atoms with E-state index in [-0.39, 0.29) is 12.1 Å². The first kappa shape index (κ1) is 22.8. The number of nitrogens with zero attached hydrogens (tertiary/aromatic N) is 4. The van der Waals surface area contributed by atoms with E-state index in [4.69, 9.17) is 15.4 Å². The Bertz CT molecular complexity index is 896. The minimum atomic E-state index is -4.80. The zero-order valence-corrected chi connectivity index (χ0v) is 16.0. The standard InChI is InChI=1S/C16H20F2N5O5P/c17-13-2-3-14(15(18)8-13)16(9-20-12-21-11-19,10-23-5-1-4-22-23)28-29(25,26)27-7-6-24/h1-5,8,11-12,24H,6-7,9-10H2,(H,25,26)(H2,19,20,21). The summed E-state index contributed by atoms with van der Waals surface area (Å²) < 4.78 is 51.9. The molecule has 0 saturated carbocycles. The largest absolute Gasteiger partial charge is 0.473 e. The lowest BCUT2D eigenvalue weighted by Crippen LogP contribution is -2.38. The van der Waals surface area contributed by atoms with Crippen molar-refractivity contribution < 1.29 is 32.4 Å². The van der Waals surface area contributed by atoms with Gasteiger partial charge in [0.25, 0.3) is 0 Å². The summed E-state index contributed by atoms with van der Waals surface area (Å²) in [6, 6.07) is 4.23. The number of aliphatic imine (C=N–C) groups is 2. The molecule has 0 amide bonds. The van der Waals surface area contributed by atoms with E-state index in [2.05, 4.69) is 19.6 Å². The molecule has 2 atom stereocenters. The molecule has 4 N–H and O–H groups in total. The van der Waals surface area contributed by atoms with Crippen molar-refractivity contribution in [2.24, 2.45) is 15.7 Å². The van der Waals surface area contributed by atoms with E-state index >= 15 is 0 Å².